The molecule has 0 saturated carbocycles. The molecule has 2 nitrogen and oxygen atoms in total. The van der Waals surface area contributed by atoms with Gasteiger partial charge in [0.25, 0.3) is 0 Å². The number of carbonyl (C=O) groups is 1. The van der Waals surface area contributed by atoms with Crippen molar-refractivity contribution in [2.24, 2.45) is 5.41 Å². The Kier molecular flexibility index (Phi) is 6.77. The molecule has 0 fully saturated rings. The van der Waals surface area contributed by atoms with E-state index in [0.717, 1.165) is 5.32 Å². The molecule has 1 unspecified atom stereocenters. The van der Waals surface area contributed by atoms with E-state index in [1.165, 1.54) is 4.46 Å². The summed E-state index contributed by atoms with van der Waals surface area (Å²) in [6, 6.07) is 10.5. The predicted molar refractivity (Wildman–Crippen MR) is 81.1 cm³/mol. The van der Waals surface area contributed by atoms with Crippen molar-refractivity contribution in [2.45, 2.75) is 45.5 Å². The molecule has 1 atom stereocenters. The molecule has 1 rings (SSSR count). The summed E-state index contributed by atoms with van der Waals surface area (Å²) in [5.74, 6) is 0.287. The number of benzene rings is 1. The molecule has 0 radical (unpaired) electrons. The summed E-state index contributed by atoms with van der Waals surface area (Å²) in [6.07, 6.45) is 0.600. The van der Waals surface area contributed by atoms with E-state index in [4.69, 9.17) is 4.74 Å². The number of ether oxygens (including phenoxy) is 1. The Bertz CT molecular complexity index is 381. The standard InChI is InChI=1S/C16H24O2Se/c1-5-18-13(11-15(17)16(2,3)4)12-19-14-9-7-6-8-10-14/h6-10,13H,5,11-12H2,1-4H3. The molecule has 0 aliphatic carbocycles. The van der Waals surface area contributed by atoms with Gasteiger partial charge >= 0.3 is 123 Å². The fourth-order valence-electron chi connectivity index (χ4n) is 1.62. The third-order valence-corrected chi connectivity index (χ3v) is 5.23. The van der Waals surface area contributed by atoms with E-state index >= 15 is 0 Å². The Balaban J connectivity index is 2.51. The van der Waals surface area contributed by atoms with Gasteiger partial charge < -0.3 is 0 Å². The SMILES string of the molecule is CCOC(C[Se]c1ccccc1)CC(=O)C(C)(C)C. The van der Waals surface area contributed by atoms with Crippen LogP contribution in [0.4, 0.5) is 0 Å². The van der Waals surface area contributed by atoms with Crippen LogP contribution < -0.4 is 4.46 Å². The van der Waals surface area contributed by atoms with Crippen molar-refractivity contribution in [3.05, 3.63) is 30.3 Å². The molecule has 0 spiro atoms. The topological polar surface area (TPSA) is 26.3 Å². The summed E-state index contributed by atoms with van der Waals surface area (Å²) < 4.78 is 7.09. The summed E-state index contributed by atoms with van der Waals surface area (Å²) >= 11 is 0.374. The van der Waals surface area contributed by atoms with Crippen LogP contribution in [0.1, 0.15) is 34.1 Å². The van der Waals surface area contributed by atoms with Crippen LogP contribution in [0.2, 0.25) is 5.32 Å². The zero-order valence-electron chi connectivity index (χ0n) is 12.3. The number of Topliss-reactive ketones (excluding diaryl/α,β-unsaturated/α-hetero) is 1. The minimum atomic E-state index is -0.269. The molecule has 0 aliphatic heterocycles. The number of hydrogen-bond donors (Lipinski definition) is 0. The fraction of sp³-hybridized carbons (Fsp3) is 0.562. The zero-order chi connectivity index (χ0) is 14.3. The van der Waals surface area contributed by atoms with Crippen LogP contribution in [-0.4, -0.2) is 33.5 Å². The van der Waals surface area contributed by atoms with E-state index in [9.17, 15) is 4.79 Å². The van der Waals surface area contributed by atoms with E-state index in [1.54, 1.807) is 0 Å². The molecule has 0 N–H and O–H groups in total. The van der Waals surface area contributed by atoms with Crippen molar-refractivity contribution in [3.8, 4) is 0 Å². The van der Waals surface area contributed by atoms with Crippen molar-refractivity contribution in [1.82, 2.24) is 0 Å². The minimum absolute atomic E-state index is 0.0666. The Morgan fingerprint density at radius 3 is 2.42 bits per heavy atom. The van der Waals surface area contributed by atoms with Crippen LogP contribution in [0.25, 0.3) is 0 Å². The van der Waals surface area contributed by atoms with Crippen LogP contribution in [0.5, 0.6) is 0 Å². The first-order valence-corrected chi connectivity index (χ1v) is 8.83. The quantitative estimate of drug-likeness (QED) is 0.720. The third kappa shape index (κ3) is 6.38. The van der Waals surface area contributed by atoms with Gasteiger partial charge in [0.1, 0.15) is 0 Å². The second-order valence-electron chi connectivity index (χ2n) is 5.58. The molecule has 0 aliphatic rings. The van der Waals surface area contributed by atoms with Gasteiger partial charge in [-0.15, -0.1) is 0 Å². The molecule has 0 bridgehead atoms. The summed E-state index contributed by atoms with van der Waals surface area (Å²) in [5.41, 5.74) is -0.269. The molecule has 3 heteroatoms. The van der Waals surface area contributed by atoms with Gasteiger partial charge in [0.2, 0.25) is 0 Å². The first-order valence-electron chi connectivity index (χ1n) is 6.76. The molecule has 0 saturated heterocycles. The first-order chi connectivity index (χ1) is 8.93. The molecular formula is C16H24O2Se. The Labute approximate surface area is 123 Å². The average molecular weight is 327 g/mol. The zero-order valence-corrected chi connectivity index (χ0v) is 14.0. The second-order valence-corrected chi connectivity index (χ2v) is 7.87. The van der Waals surface area contributed by atoms with Gasteiger partial charge in [0, 0.05) is 0 Å². The fourth-order valence-corrected chi connectivity index (χ4v) is 3.60. The van der Waals surface area contributed by atoms with Crippen LogP contribution in [-0.2, 0) is 9.53 Å². The molecule has 106 valence electrons. The van der Waals surface area contributed by atoms with Crippen molar-refractivity contribution in [2.75, 3.05) is 6.61 Å². The average Bonchev–Trinajstić information content (AvgIpc) is 2.36. The summed E-state index contributed by atoms with van der Waals surface area (Å²) in [4.78, 5) is 12.1. The van der Waals surface area contributed by atoms with Crippen molar-refractivity contribution in [1.29, 1.82) is 0 Å². The molecule has 0 amide bonds. The van der Waals surface area contributed by atoms with E-state index in [-0.39, 0.29) is 17.3 Å². The molecule has 0 heterocycles. The Morgan fingerprint density at radius 1 is 1.26 bits per heavy atom. The van der Waals surface area contributed by atoms with Crippen molar-refractivity contribution in [3.63, 3.8) is 0 Å². The summed E-state index contributed by atoms with van der Waals surface area (Å²) in [6.45, 7) is 8.58. The maximum atomic E-state index is 12.1. The monoisotopic (exact) mass is 328 g/mol. The van der Waals surface area contributed by atoms with Gasteiger partial charge in [0.05, 0.1) is 0 Å². The third-order valence-electron chi connectivity index (χ3n) is 2.83. The van der Waals surface area contributed by atoms with Crippen LogP contribution in [0.3, 0.4) is 0 Å². The summed E-state index contributed by atoms with van der Waals surface area (Å²) in [7, 11) is 0. The summed E-state index contributed by atoms with van der Waals surface area (Å²) in [5, 5.41) is 0.965. The van der Waals surface area contributed by atoms with Crippen molar-refractivity contribution >= 4 is 25.2 Å². The number of rotatable bonds is 7. The van der Waals surface area contributed by atoms with Gasteiger partial charge in [-0.2, -0.15) is 0 Å². The Morgan fingerprint density at radius 2 is 1.89 bits per heavy atom. The molecule has 1 aromatic carbocycles. The van der Waals surface area contributed by atoms with E-state index in [0.29, 0.717) is 28.0 Å². The second kappa shape index (κ2) is 7.84. The number of carbonyl (C=O) groups excluding carboxylic acids is 1. The maximum absolute atomic E-state index is 12.1. The van der Waals surface area contributed by atoms with Gasteiger partial charge in [-0.05, 0) is 0 Å². The van der Waals surface area contributed by atoms with E-state index in [2.05, 4.69) is 24.3 Å². The Hall–Kier alpha value is -0.631. The molecular weight excluding hydrogens is 303 g/mol. The van der Waals surface area contributed by atoms with Crippen LogP contribution >= 0.6 is 0 Å². The van der Waals surface area contributed by atoms with E-state index in [1.807, 2.05) is 33.8 Å². The normalized spacial score (nSPS) is 13.3. The number of ketones is 1. The van der Waals surface area contributed by atoms with Crippen molar-refractivity contribution < 1.29 is 9.53 Å². The molecule has 0 aromatic heterocycles. The van der Waals surface area contributed by atoms with Gasteiger partial charge in [0.15, 0.2) is 0 Å². The molecule has 19 heavy (non-hydrogen) atoms. The first kappa shape index (κ1) is 16.4. The van der Waals surface area contributed by atoms with Gasteiger partial charge in [-0.3, -0.25) is 0 Å². The van der Waals surface area contributed by atoms with Crippen LogP contribution in [0, 0.1) is 5.41 Å². The van der Waals surface area contributed by atoms with Crippen LogP contribution in [0.15, 0.2) is 30.3 Å². The number of hydrogen-bond acceptors (Lipinski definition) is 2. The van der Waals surface area contributed by atoms with Gasteiger partial charge in [-0.1, -0.05) is 0 Å². The molecule has 1 aromatic rings. The predicted octanol–water partition coefficient (Wildman–Crippen LogP) is 2.84. The van der Waals surface area contributed by atoms with Gasteiger partial charge in [-0.25, -0.2) is 0 Å². The van der Waals surface area contributed by atoms with E-state index < -0.39 is 0 Å².